The van der Waals surface area contributed by atoms with E-state index in [9.17, 15) is 4.79 Å². The summed E-state index contributed by atoms with van der Waals surface area (Å²) in [5.74, 6) is 6.04. The maximum absolute atomic E-state index is 11.4. The highest BCUT2D eigenvalue weighted by atomic mass is 16.2. The lowest BCUT2D eigenvalue weighted by atomic mass is 9.75. The van der Waals surface area contributed by atoms with E-state index in [2.05, 4.69) is 23.1 Å². The molecule has 0 unspecified atom stereocenters. The van der Waals surface area contributed by atoms with Crippen molar-refractivity contribution in [3.8, 4) is 0 Å². The van der Waals surface area contributed by atoms with Crippen LogP contribution in [0.25, 0.3) is 0 Å². The van der Waals surface area contributed by atoms with Crippen molar-refractivity contribution < 1.29 is 4.79 Å². The number of nitrogens with one attached hydrogen (secondary N) is 1. The predicted molar refractivity (Wildman–Crippen MR) is 91.3 cm³/mol. The Kier molecular flexibility index (Phi) is 5.90. The highest BCUT2D eigenvalue weighted by Crippen LogP contribution is 2.37. The molecule has 0 saturated heterocycles. The van der Waals surface area contributed by atoms with Gasteiger partial charge in [0.2, 0.25) is 5.91 Å². The van der Waals surface area contributed by atoms with E-state index in [0.29, 0.717) is 18.3 Å². The highest BCUT2D eigenvalue weighted by Gasteiger charge is 2.26. The van der Waals surface area contributed by atoms with Gasteiger partial charge in [-0.1, -0.05) is 30.9 Å². The molecule has 2 rings (SSSR count). The molecule has 1 saturated carbocycles. The van der Waals surface area contributed by atoms with Crippen LogP contribution >= 0.6 is 0 Å². The lowest BCUT2D eigenvalue weighted by molar-refractivity contribution is -0.122. The summed E-state index contributed by atoms with van der Waals surface area (Å²) >= 11 is 0. The third kappa shape index (κ3) is 3.83. The highest BCUT2D eigenvalue weighted by molar-refractivity contribution is 6.12. The van der Waals surface area contributed by atoms with E-state index in [0.717, 1.165) is 31.4 Å². The van der Waals surface area contributed by atoms with Crippen LogP contribution in [0.15, 0.2) is 53.1 Å². The molecule has 0 spiro atoms. The molecular formula is C18H25N3O. The monoisotopic (exact) mass is 299 g/mol. The minimum absolute atomic E-state index is 0.0634. The summed E-state index contributed by atoms with van der Waals surface area (Å²) in [7, 11) is 1.82. The van der Waals surface area contributed by atoms with Crippen LogP contribution < -0.4 is 11.3 Å². The molecular weight excluding hydrogens is 274 g/mol. The summed E-state index contributed by atoms with van der Waals surface area (Å²) < 4.78 is 0. The number of amides is 1. The number of nitrogens with zero attached hydrogens (tertiary/aromatic N) is 1. The second-order valence-corrected chi connectivity index (χ2v) is 5.89. The third-order valence-corrected chi connectivity index (χ3v) is 4.60. The molecule has 1 fully saturated rings. The minimum Gasteiger partial charge on any atom is -0.294 e. The second-order valence-electron chi connectivity index (χ2n) is 5.89. The number of carbonyl (C=O) groups excluding carboxylic acids is 1. The number of nitrogens with two attached hydrogens (primary N) is 1. The Balaban J connectivity index is 2.08. The van der Waals surface area contributed by atoms with E-state index >= 15 is 0 Å². The summed E-state index contributed by atoms with van der Waals surface area (Å²) in [6.45, 7) is 4.01. The second kappa shape index (κ2) is 7.90. The van der Waals surface area contributed by atoms with Gasteiger partial charge in [0.05, 0.1) is 5.71 Å². The maximum atomic E-state index is 11.4. The van der Waals surface area contributed by atoms with Crippen molar-refractivity contribution >= 4 is 11.6 Å². The Labute approximate surface area is 132 Å². The Morgan fingerprint density at radius 3 is 2.64 bits per heavy atom. The standard InChI is InChI=1S/C18H25N3O/c1-3-15(16-6-4-5-7-17(16)20-2)14-10-8-13(9-11-14)12-18(22)21-19/h3-7,13-14H,1,8-12,19H2,2H3,(H,21,22)/b16-15+,20-17-. The van der Waals surface area contributed by atoms with Crippen LogP contribution in [0.1, 0.15) is 32.1 Å². The normalized spacial score (nSPS) is 28.5. The van der Waals surface area contributed by atoms with Gasteiger partial charge in [-0.2, -0.15) is 0 Å². The number of aliphatic imine (C=N–C) groups is 1. The van der Waals surface area contributed by atoms with E-state index in [1.165, 1.54) is 11.1 Å². The number of rotatable bonds is 4. The van der Waals surface area contributed by atoms with Gasteiger partial charge in [-0.3, -0.25) is 15.2 Å². The average Bonchev–Trinajstić information content (AvgIpc) is 2.57. The molecule has 2 aliphatic carbocycles. The molecule has 4 heteroatoms. The zero-order chi connectivity index (χ0) is 15.9. The molecule has 2 aliphatic rings. The van der Waals surface area contributed by atoms with Crippen molar-refractivity contribution in [2.24, 2.45) is 22.7 Å². The fourth-order valence-electron chi connectivity index (χ4n) is 3.41. The Morgan fingerprint density at radius 2 is 2.05 bits per heavy atom. The molecule has 118 valence electrons. The first-order valence-electron chi connectivity index (χ1n) is 7.87. The van der Waals surface area contributed by atoms with Crippen LogP contribution in [0.5, 0.6) is 0 Å². The molecule has 0 aliphatic heterocycles. The fraction of sp³-hybridized carbons (Fsp3) is 0.444. The van der Waals surface area contributed by atoms with E-state index < -0.39 is 0 Å². The van der Waals surface area contributed by atoms with E-state index in [4.69, 9.17) is 5.84 Å². The quantitative estimate of drug-likeness (QED) is 0.476. The van der Waals surface area contributed by atoms with Crippen LogP contribution in [0.3, 0.4) is 0 Å². The molecule has 0 atom stereocenters. The number of hydrogen-bond acceptors (Lipinski definition) is 3. The Bertz CT molecular complexity index is 547. The number of hydrazine groups is 1. The molecule has 0 aromatic rings. The lowest BCUT2D eigenvalue weighted by Crippen LogP contribution is -2.32. The van der Waals surface area contributed by atoms with E-state index in [1.807, 2.05) is 31.4 Å². The first-order chi connectivity index (χ1) is 10.7. The van der Waals surface area contributed by atoms with Gasteiger partial charge < -0.3 is 0 Å². The molecule has 1 amide bonds. The van der Waals surface area contributed by atoms with Crippen molar-refractivity contribution in [3.05, 3.63) is 48.1 Å². The summed E-state index contributed by atoms with van der Waals surface area (Å²) in [5.41, 5.74) is 5.71. The van der Waals surface area contributed by atoms with E-state index in [1.54, 1.807) is 0 Å². The molecule has 22 heavy (non-hydrogen) atoms. The Morgan fingerprint density at radius 1 is 1.36 bits per heavy atom. The van der Waals surface area contributed by atoms with Crippen LogP contribution in [0.4, 0.5) is 0 Å². The van der Waals surface area contributed by atoms with Gasteiger partial charge in [0.15, 0.2) is 0 Å². The topological polar surface area (TPSA) is 67.5 Å². The lowest BCUT2D eigenvalue weighted by Gasteiger charge is -2.30. The van der Waals surface area contributed by atoms with Gasteiger partial charge in [0.25, 0.3) is 0 Å². The van der Waals surface area contributed by atoms with Crippen LogP contribution in [-0.2, 0) is 4.79 Å². The fourth-order valence-corrected chi connectivity index (χ4v) is 3.41. The van der Waals surface area contributed by atoms with Crippen molar-refractivity contribution in [1.29, 1.82) is 0 Å². The maximum Gasteiger partial charge on any atom is 0.234 e. The summed E-state index contributed by atoms with van der Waals surface area (Å²) in [4.78, 5) is 15.8. The van der Waals surface area contributed by atoms with Crippen LogP contribution in [0, 0.1) is 11.8 Å². The van der Waals surface area contributed by atoms with Crippen molar-refractivity contribution in [2.45, 2.75) is 32.1 Å². The first-order valence-corrected chi connectivity index (χ1v) is 7.87. The largest absolute Gasteiger partial charge is 0.294 e. The van der Waals surface area contributed by atoms with Gasteiger partial charge >= 0.3 is 0 Å². The SMILES string of the molecule is C=C/C(=C1/C=CC=C/C1=N/C)C1CCC(CC(=O)NN)CC1. The van der Waals surface area contributed by atoms with Crippen molar-refractivity contribution in [3.63, 3.8) is 0 Å². The third-order valence-electron chi connectivity index (χ3n) is 4.60. The summed E-state index contributed by atoms with van der Waals surface area (Å²) in [5, 5.41) is 0. The minimum atomic E-state index is -0.0634. The number of carbonyl (C=O) groups is 1. The zero-order valence-corrected chi connectivity index (χ0v) is 13.2. The number of allylic oxidation sites excluding steroid dienone is 7. The van der Waals surface area contributed by atoms with Gasteiger partial charge in [0, 0.05) is 19.0 Å². The molecule has 0 aromatic carbocycles. The van der Waals surface area contributed by atoms with Crippen molar-refractivity contribution in [1.82, 2.24) is 5.43 Å². The molecule has 0 radical (unpaired) electrons. The molecule has 0 bridgehead atoms. The summed E-state index contributed by atoms with van der Waals surface area (Å²) in [6.07, 6.45) is 15.0. The predicted octanol–water partition coefficient (Wildman–Crippen LogP) is 2.85. The molecule has 0 aromatic heterocycles. The van der Waals surface area contributed by atoms with Crippen LogP contribution in [0.2, 0.25) is 0 Å². The van der Waals surface area contributed by atoms with E-state index in [-0.39, 0.29) is 5.91 Å². The molecule has 0 heterocycles. The average molecular weight is 299 g/mol. The van der Waals surface area contributed by atoms with Gasteiger partial charge in [-0.15, -0.1) is 0 Å². The van der Waals surface area contributed by atoms with Gasteiger partial charge in [-0.05, 0) is 49.2 Å². The van der Waals surface area contributed by atoms with Crippen molar-refractivity contribution in [2.75, 3.05) is 7.05 Å². The first kappa shape index (κ1) is 16.4. The molecule has 3 N–H and O–H groups in total. The zero-order valence-electron chi connectivity index (χ0n) is 13.2. The number of hydrogen-bond donors (Lipinski definition) is 2. The van der Waals surface area contributed by atoms with Crippen LogP contribution in [-0.4, -0.2) is 18.7 Å². The summed E-state index contributed by atoms with van der Waals surface area (Å²) in [6, 6.07) is 0. The molecule has 4 nitrogen and oxygen atoms in total. The van der Waals surface area contributed by atoms with Gasteiger partial charge in [0.1, 0.15) is 0 Å². The smallest absolute Gasteiger partial charge is 0.234 e. The van der Waals surface area contributed by atoms with Gasteiger partial charge in [-0.25, -0.2) is 5.84 Å². The Hall–Kier alpha value is -1.94.